The number of non-ortho nitro benzene ring substituents is 1. The molecule has 1 N–H and O–H groups in total. The number of nitro groups is 1. The van der Waals surface area contributed by atoms with Crippen molar-refractivity contribution < 1.29 is 33.5 Å². The van der Waals surface area contributed by atoms with Gasteiger partial charge in [-0.3, -0.25) is 19.7 Å². The minimum Gasteiger partial charge on any atom is -0.490 e. The summed E-state index contributed by atoms with van der Waals surface area (Å²) in [5, 5.41) is 13.5. The van der Waals surface area contributed by atoms with Crippen molar-refractivity contribution in [2.75, 3.05) is 20.3 Å². The molecule has 1 aliphatic rings. The lowest BCUT2D eigenvalue weighted by atomic mass is 10.1. The fourth-order valence-corrected chi connectivity index (χ4v) is 3.34. The summed E-state index contributed by atoms with van der Waals surface area (Å²) in [6.45, 7) is 1.52. The number of hydrogen-bond donors (Lipinski definition) is 1. The number of hydrogen-bond acceptors (Lipinski definition) is 8. The van der Waals surface area contributed by atoms with Gasteiger partial charge in [-0.25, -0.2) is 9.69 Å². The standard InChI is InChI=1S/C22H20ClN3O8/c1-3-33-18-10-14(9-17-21(28)25(22(29)24-17)11-19(27)32-2)8-16(23)20(18)34-12-13-5-4-6-15(7-13)26(30)31/h4-10H,3,11-12H2,1-2H3,(H,24,29)/b17-9+. The summed E-state index contributed by atoms with van der Waals surface area (Å²) in [4.78, 5) is 47.2. The van der Waals surface area contributed by atoms with Gasteiger partial charge < -0.3 is 19.5 Å². The fraction of sp³-hybridized carbons (Fsp3) is 0.227. The number of amides is 3. The molecule has 2 aromatic rings. The average Bonchev–Trinajstić information content (AvgIpc) is 3.06. The number of nitrogens with zero attached hydrogens (tertiary/aromatic N) is 2. The molecule has 0 atom stereocenters. The largest absolute Gasteiger partial charge is 0.490 e. The summed E-state index contributed by atoms with van der Waals surface area (Å²) in [7, 11) is 1.15. The molecule has 3 amide bonds. The second-order valence-corrected chi connectivity index (χ2v) is 7.34. The van der Waals surface area contributed by atoms with Gasteiger partial charge in [-0.2, -0.15) is 0 Å². The number of carbonyl (C=O) groups is 3. The second-order valence-electron chi connectivity index (χ2n) is 6.93. The highest BCUT2D eigenvalue weighted by molar-refractivity contribution is 6.32. The van der Waals surface area contributed by atoms with E-state index in [1.54, 1.807) is 25.1 Å². The van der Waals surface area contributed by atoms with E-state index in [9.17, 15) is 24.5 Å². The maximum atomic E-state index is 12.5. The molecule has 2 aromatic carbocycles. The first-order valence-corrected chi connectivity index (χ1v) is 10.3. The predicted molar refractivity (Wildman–Crippen MR) is 120 cm³/mol. The molecule has 1 fully saturated rings. The van der Waals surface area contributed by atoms with Crippen molar-refractivity contribution in [3.05, 3.63) is 68.4 Å². The van der Waals surface area contributed by atoms with Crippen LogP contribution in [0.15, 0.2) is 42.1 Å². The normalized spacial score (nSPS) is 14.2. The Balaban J connectivity index is 1.84. The molecule has 1 saturated heterocycles. The monoisotopic (exact) mass is 489 g/mol. The molecule has 0 bridgehead atoms. The van der Waals surface area contributed by atoms with E-state index in [2.05, 4.69) is 10.1 Å². The average molecular weight is 490 g/mol. The van der Waals surface area contributed by atoms with E-state index < -0.39 is 29.4 Å². The highest BCUT2D eigenvalue weighted by Gasteiger charge is 2.35. The number of halogens is 1. The summed E-state index contributed by atoms with van der Waals surface area (Å²) in [6.07, 6.45) is 1.39. The first-order valence-electron chi connectivity index (χ1n) is 9.97. The molecule has 178 valence electrons. The van der Waals surface area contributed by atoms with Crippen molar-refractivity contribution in [2.45, 2.75) is 13.5 Å². The number of benzene rings is 2. The molecule has 0 saturated carbocycles. The first kappa shape index (κ1) is 24.5. The third kappa shape index (κ3) is 5.62. The maximum absolute atomic E-state index is 12.5. The van der Waals surface area contributed by atoms with Crippen LogP contribution in [0.2, 0.25) is 5.02 Å². The Kier molecular flexibility index (Phi) is 7.69. The third-order valence-corrected chi connectivity index (χ3v) is 4.91. The SMILES string of the molecule is CCOc1cc(/C=C2/NC(=O)N(CC(=O)OC)C2=O)cc(Cl)c1OCc1cccc([N+](=O)[O-])c1. The molecular weight excluding hydrogens is 470 g/mol. The van der Waals surface area contributed by atoms with Crippen LogP contribution in [0.25, 0.3) is 6.08 Å². The van der Waals surface area contributed by atoms with E-state index in [1.807, 2.05) is 0 Å². The van der Waals surface area contributed by atoms with Gasteiger partial charge in [0.05, 0.1) is 23.7 Å². The Hall–Kier alpha value is -4.12. The summed E-state index contributed by atoms with van der Waals surface area (Å²) >= 11 is 6.40. The zero-order chi connectivity index (χ0) is 24.8. The van der Waals surface area contributed by atoms with Crippen molar-refractivity contribution in [3.8, 4) is 11.5 Å². The van der Waals surface area contributed by atoms with Crippen LogP contribution >= 0.6 is 11.6 Å². The minimum absolute atomic E-state index is 0.00105. The van der Waals surface area contributed by atoms with Gasteiger partial charge in [-0.1, -0.05) is 23.7 Å². The molecule has 0 aliphatic carbocycles. The first-order chi connectivity index (χ1) is 16.2. The number of rotatable bonds is 9. The molecule has 0 radical (unpaired) electrons. The van der Waals surface area contributed by atoms with Crippen molar-refractivity contribution >= 4 is 41.3 Å². The smallest absolute Gasteiger partial charge is 0.329 e. The van der Waals surface area contributed by atoms with Gasteiger partial charge in [0, 0.05) is 12.1 Å². The van der Waals surface area contributed by atoms with Crippen LogP contribution in [0.3, 0.4) is 0 Å². The molecular formula is C22H20ClN3O8. The van der Waals surface area contributed by atoms with E-state index in [0.717, 1.165) is 12.0 Å². The molecule has 0 aromatic heterocycles. The van der Waals surface area contributed by atoms with E-state index in [1.165, 1.54) is 24.3 Å². The second kappa shape index (κ2) is 10.7. The lowest BCUT2D eigenvalue weighted by Crippen LogP contribution is -2.36. The highest BCUT2D eigenvalue weighted by atomic mass is 35.5. The minimum atomic E-state index is -0.755. The summed E-state index contributed by atoms with van der Waals surface area (Å²) in [5.74, 6) is -0.950. The molecule has 34 heavy (non-hydrogen) atoms. The highest BCUT2D eigenvalue weighted by Crippen LogP contribution is 2.38. The summed E-state index contributed by atoms with van der Waals surface area (Å²) in [6, 6.07) is 8.30. The number of esters is 1. The third-order valence-electron chi connectivity index (χ3n) is 4.62. The Morgan fingerprint density at radius 2 is 2.00 bits per heavy atom. The van der Waals surface area contributed by atoms with Crippen LogP contribution in [0.5, 0.6) is 11.5 Å². The lowest BCUT2D eigenvalue weighted by Gasteiger charge is -2.15. The van der Waals surface area contributed by atoms with Gasteiger partial charge in [0.25, 0.3) is 11.6 Å². The maximum Gasteiger partial charge on any atom is 0.329 e. The molecule has 11 nitrogen and oxygen atoms in total. The van der Waals surface area contributed by atoms with Crippen molar-refractivity contribution in [1.29, 1.82) is 0 Å². The van der Waals surface area contributed by atoms with Gasteiger partial charge in [-0.05, 0) is 36.3 Å². The lowest BCUT2D eigenvalue weighted by molar-refractivity contribution is -0.384. The molecule has 12 heteroatoms. The Bertz CT molecular complexity index is 1180. The Labute approximate surface area is 199 Å². The number of nitro benzene ring substituents is 1. The van der Waals surface area contributed by atoms with E-state index in [-0.39, 0.29) is 41.1 Å². The Morgan fingerprint density at radius 1 is 1.24 bits per heavy atom. The number of urea groups is 1. The quantitative estimate of drug-likeness (QED) is 0.186. The molecule has 3 rings (SSSR count). The summed E-state index contributed by atoms with van der Waals surface area (Å²) in [5.41, 5.74) is 0.866. The van der Waals surface area contributed by atoms with Crippen molar-refractivity contribution in [3.63, 3.8) is 0 Å². The van der Waals surface area contributed by atoms with Gasteiger partial charge in [0.2, 0.25) is 0 Å². The van der Waals surface area contributed by atoms with Gasteiger partial charge in [0.15, 0.2) is 11.5 Å². The number of ether oxygens (including phenoxy) is 3. The number of nitrogens with one attached hydrogen (secondary N) is 1. The van der Waals surface area contributed by atoms with E-state index in [4.69, 9.17) is 21.1 Å². The van der Waals surface area contributed by atoms with Crippen molar-refractivity contribution in [1.82, 2.24) is 10.2 Å². The predicted octanol–water partition coefficient (Wildman–Crippen LogP) is 3.29. The number of methoxy groups -OCH3 is 1. The fourth-order valence-electron chi connectivity index (χ4n) is 3.07. The Morgan fingerprint density at radius 3 is 2.68 bits per heavy atom. The molecule has 0 spiro atoms. The summed E-state index contributed by atoms with van der Waals surface area (Å²) < 4.78 is 15.9. The van der Waals surface area contributed by atoms with Crippen molar-refractivity contribution in [2.24, 2.45) is 0 Å². The van der Waals surface area contributed by atoms with Gasteiger partial charge in [0.1, 0.15) is 18.8 Å². The van der Waals surface area contributed by atoms with Crippen LogP contribution in [0.1, 0.15) is 18.1 Å². The van der Waals surface area contributed by atoms with E-state index in [0.29, 0.717) is 11.1 Å². The van der Waals surface area contributed by atoms with Gasteiger partial charge in [-0.15, -0.1) is 0 Å². The van der Waals surface area contributed by atoms with Crippen LogP contribution in [-0.2, 0) is 20.9 Å². The molecule has 1 aliphatic heterocycles. The number of imide groups is 1. The molecule has 0 unspecified atom stereocenters. The van der Waals surface area contributed by atoms with Crippen LogP contribution in [-0.4, -0.2) is 48.0 Å². The zero-order valence-corrected chi connectivity index (χ0v) is 19.0. The van der Waals surface area contributed by atoms with Crippen LogP contribution in [0.4, 0.5) is 10.5 Å². The van der Waals surface area contributed by atoms with Gasteiger partial charge >= 0.3 is 12.0 Å². The zero-order valence-electron chi connectivity index (χ0n) is 18.2. The van der Waals surface area contributed by atoms with E-state index >= 15 is 0 Å². The number of carbonyl (C=O) groups excluding carboxylic acids is 3. The van der Waals surface area contributed by atoms with Crippen LogP contribution in [0, 0.1) is 10.1 Å². The topological polar surface area (TPSA) is 137 Å². The van der Waals surface area contributed by atoms with Crippen LogP contribution < -0.4 is 14.8 Å². The molecule has 1 heterocycles.